The van der Waals surface area contributed by atoms with E-state index in [9.17, 15) is 22.4 Å². The second kappa shape index (κ2) is 11.0. The first-order valence-electron chi connectivity index (χ1n) is 9.96. The second-order valence-electron chi connectivity index (χ2n) is 6.90. The molecular formula is C22H23FN2O7S. The fourth-order valence-electron chi connectivity index (χ4n) is 3.02. The summed E-state index contributed by atoms with van der Waals surface area (Å²) in [6.45, 7) is 0.450. The molecule has 0 aromatic heterocycles. The number of halogens is 1. The number of sulfonamides is 1. The minimum Gasteiger partial charge on any atom is -0.495 e. The highest BCUT2D eigenvalue weighted by Crippen LogP contribution is 2.28. The molecule has 0 saturated carbocycles. The van der Waals surface area contributed by atoms with Gasteiger partial charge in [0.05, 0.1) is 26.0 Å². The van der Waals surface area contributed by atoms with Gasteiger partial charge in [-0.3, -0.25) is 4.79 Å². The highest BCUT2D eigenvalue weighted by atomic mass is 32.2. The molecule has 0 bridgehead atoms. The van der Waals surface area contributed by atoms with E-state index in [0.717, 1.165) is 6.08 Å². The van der Waals surface area contributed by atoms with Crippen LogP contribution < -0.4 is 10.1 Å². The van der Waals surface area contributed by atoms with Crippen molar-refractivity contribution in [3.8, 4) is 5.75 Å². The van der Waals surface area contributed by atoms with Crippen LogP contribution in [0.3, 0.4) is 0 Å². The third-order valence-electron chi connectivity index (χ3n) is 4.68. The van der Waals surface area contributed by atoms with Crippen molar-refractivity contribution in [2.45, 2.75) is 4.90 Å². The smallest absolute Gasteiger partial charge is 0.331 e. The number of methoxy groups -OCH3 is 1. The molecule has 1 saturated heterocycles. The lowest BCUT2D eigenvalue weighted by atomic mass is 10.2. The molecular weight excluding hydrogens is 455 g/mol. The van der Waals surface area contributed by atoms with Gasteiger partial charge in [0.2, 0.25) is 10.0 Å². The molecule has 3 rings (SSSR count). The number of anilines is 1. The van der Waals surface area contributed by atoms with Crippen LogP contribution in [0.15, 0.2) is 53.4 Å². The Bertz CT molecular complexity index is 1150. The lowest BCUT2D eigenvalue weighted by Crippen LogP contribution is -2.40. The fourth-order valence-corrected chi connectivity index (χ4v) is 4.62. The quantitative estimate of drug-likeness (QED) is 0.457. The standard InChI is InChI=1S/C22H23FN2O7S/c1-30-19-8-6-16(14-20(19)33(28,29)25-10-12-31-13-11-25)7-9-22(27)32-15-21(26)24-18-5-3-2-4-17(18)23/h2-9,14H,10-13,15H2,1H3,(H,24,26)/b9-7+. The van der Waals surface area contributed by atoms with E-state index in [1.807, 2.05) is 0 Å². The number of carbonyl (C=O) groups is 2. The van der Waals surface area contributed by atoms with Gasteiger partial charge in [0.25, 0.3) is 5.91 Å². The number of nitrogens with one attached hydrogen (secondary N) is 1. The highest BCUT2D eigenvalue weighted by Gasteiger charge is 2.29. The van der Waals surface area contributed by atoms with Gasteiger partial charge >= 0.3 is 5.97 Å². The zero-order chi connectivity index (χ0) is 23.8. The molecule has 33 heavy (non-hydrogen) atoms. The van der Waals surface area contributed by atoms with Gasteiger partial charge in [-0.1, -0.05) is 18.2 Å². The lowest BCUT2D eigenvalue weighted by Gasteiger charge is -2.26. The van der Waals surface area contributed by atoms with Crippen LogP contribution in [0.2, 0.25) is 0 Å². The van der Waals surface area contributed by atoms with Gasteiger partial charge in [0.1, 0.15) is 16.5 Å². The van der Waals surface area contributed by atoms with Crippen molar-refractivity contribution in [1.82, 2.24) is 4.31 Å². The van der Waals surface area contributed by atoms with Crippen molar-refractivity contribution in [2.75, 3.05) is 45.3 Å². The monoisotopic (exact) mass is 478 g/mol. The van der Waals surface area contributed by atoms with Gasteiger partial charge in [-0.2, -0.15) is 4.31 Å². The number of benzene rings is 2. The molecule has 1 aliphatic rings. The number of carbonyl (C=O) groups excluding carboxylic acids is 2. The lowest BCUT2D eigenvalue weighted by molar-refractivity contribution is -0.142. The Balaban J connectivity index is 1.64. The van der Waals surface area contributed by atoms with Crippen molar-refractivity contribution in [1.29, 1.82) is 0 Å². The zero-order valence-corrected chi connectivity index (χ0v) is 18.6. The number of morpholine rings is 1. The van der Waals surface area contributed by atoms with E-state index in [1.165, 1.54) is 47.8 Å². The Morgan fingerprint density at radius 2 is 1.91 bits per heavy atom. The van der Waals surface area contributed by atoms with E-state index in [1.54, 1.807) is 12.1 Å². The average molecular weight is 478 g/mol. The maximum absolute atomic E-state index is 13.6. The summed E-state index contributed by atoms with van der Waals surface area (Å²) in [5.41, 5.74) is 0.386. The van der Waals surface area contributed by atoms with Gasteiger partial charge in [-0.05, 0) is 35.9 Å². The molecule has 0 spiro atoms. The molecule has 11 heteroatoms. The number of esters is 1. The first-order chi connectivity index (χ1) is 15.8. The number of hydrogen-bond acceptors (Lipinski definition) is 7. The summed E-state index contributed by atoms with van der Waals surface area (Å²) in [6, 6.07) is 10.0. The number of nitrogens with zero attached hydrogens (tertiary/aromatic N) is 1. The van der Waals surface area contributed by atoms with Crippen LogP contribution in [0.1, 0.15) is 5.56 Å². The van der Waals surface area contributed by atoms with Crippen LogP contribution in [-0.2, 0) is 29.1 Å². The molecule has 2 aromatic carbocycles. The predicted octanol–water partition coefficient (Wildman–Crippen LogP) is 2.05. The molecule has 0 unspecified atom stereocenters. The zero-order valence-electron chi connectivity index (χ0n) is 17.8. The molecule has 9 nitrogen and oxygen atoms in total. The van der Waals surface area contributed by atoms with Crippen LogP contribution in [0.5, 0.6) is 5.75 Å². The summed E-state index contributed by atoms with van der Waals surface area (Å²) in [7, 11) is -2.46. The molecule has 0 aliphatic carbocycles. The van der Waals surface area contributed by atoms with Crippen LogP contribution in [0.4, 0.5) is 10.1 Å². The fraction of sp³-hybridized carbons (Fsp3) is 0.273. The summed E-state index contributed by atoms with van der Waals surface area (Å²) in [5, 5.41) is 2.30. The molecule has 176 valence electrons. The summed E-state index contributed by atoms with van der Waals surface area (Å²) < 4.78 is 56.1. The molecule has 1 heterocycles. The minimum atomic E-state index is -3.83. The molecule has 1 amide bonds. The summed E-state index contributed by atoms with van der Waals surface area (Å²) in [5.74, 6) is -1.97. The van der Waals surface area contributed by atoms with E-state index in [0.29, 0.717) is 18.8 Å². The van der Waals surface area contributed by atoms with Gasteiger partial charge in [0.15, 0.2) is 6.61 Å². The third kappa shape index (κ3) is 6.37. The Morgan fingerprint density at radius 3 is 2.61 bits per heavy atom. The summed E-state index contributed by atoms with van der Waals surface area (Å²) in [4.78, 5) is 23.8. The van der Waals surface area contributed by atoms with E-state index in [4.69, 9.17) is 14.2 Å². The number of amides is 1. The van der Waals surface area contributed by atoms with E-state index >= 15 is 0 Å². The first kappa shape index (κ1) is 24.4. The largest absolute Gasteiger partial charge is 0.495 e. The number of rotatable bonds is 8. The molecule has 2 aromatic rings. The topological polar surface area (TPSA) is 111 Å². The van der Waals surface area contributed by atoms with Crippen LogP contribution in [-0.4, -0.2) is 64.6 Å². The highest BCUT2D eigenvalue weighted by molar-refractivity contribution is 7.89. The average Bonchev–Trinajstić information content (AvgIpc) is 2.83. The third-order valence-corrected chi connectivity index (χ3v) is 6.60. The van der Waals surface area contributed by atoms with E-state index in [2.05, 4.69) is 5.32 Å². The second-order valence-corrected chi connectivity index (χ2v) is 8.80. The van der Waals surface area contributed by atoms with E-state index in [-0.39, 0.29) is 29.4 Å². The van der Waals surface area contributed by atoms with Crippen molar-refractivity contribution < 1.29 is 36.6 Å². The predicted molar refractivity (Wildman–Crippen MR) is 118 cm³/mol. The Morgan fingerprint density at radius 1 is 1.18 bits per heavy atom. The van der Waals surface area contributed by atoms with Gasteiger partial charge in [-0.25, -0.2) is 17.6 Å². The molecule has 0 radical (unpaired) electrons. The molecule has 0 atom stereocenters. The molecule has 1 fully saturated rings. The maximum atomic E-state index is 13.6. The van der Waals surface area contributed by atoms with Crippen molar-refractivity contribution in [3.05, 3.63) is 59.9 Å². The minimum absolute atomic E-state index is 0.0265. The van der Waals surface area contributed by atoms with Crippen LogP contribution in [0, 0.1) is 5.82 Å². The van der Waals surface area contributed by atoms with E-state index < -0.39 is 34.3 Å². The normalized spacial score (nSPS) is 14.7. The summed E-state index contributed by atoms with van der Waals surface area (Å²) in [6.07, 6.45) is 2.41. The van der Waals surface area contributed by atoms with Crippen LogP contribution >= 0.6 is 0 Å². The Kier molecular flexibility index (Phi) is 8.15. The summed E-state index contributed by atoms with van der Waals surface area (Å²) >= 11 is 0. The first-order valence-corrected chi connectivity index (χ1v) is 11.4. The molecule has 1 aliphatic heterocycles. The van der Waals surface area contributed by atoms with Crippen molar-refractivity contribution in [3.63, 3.8) is 0 Å². The van der Waals surface area contributed by atoms with Gasteiger partial charge < -0.3 is 19.5 Å². The van der Waals surface area contributed by atoms with Gasteiger partial charge in [-0.15, -0.1) is 0 Å². The SMILES string of the molecule is COc1ccc(/C=C/C(=O)OCC(=O)Nc2ccccc2F)cc1S(=O)(=O)N1CCOCC1. The number of para-hydroxylation sites is 1. The maximum Gasteiger partial charge on any atom is 0.331 e. The van der Waals surface area contributed by atoms with Gasteiger partial charge in [0, 0.05) is 19.2 Å². The van der Waals surface area contributed by atoms with Crippen molar-refractivity contribution >= 4 is 33.7 Å². The number of ether oxygens (including phenoxy) is 3. The Labute approximate surface area is 190 Å². The van der Waals surface area contributed by atoms with Crippen LogP contribution in [0.25, 0.3) is 6.08 Å². The number of hydrogen-bond donors (Lipinski definition) is 1. The molecule has 1 N–H and O–H groups in total. The Hall–Kier alpha value is -3.28. The van der Waals surface area contributed by atoms with Crippen molar-refractivity contribution in [2.24, 2.45) is 0 Å².